The Morgan fingerprint density at radius 1 is 1.28 bits per heavy atom. The van der Waals surface area contributed by atoms with Crippen LogP contribution in [0.1, 0.15) is 5.01 Å². The van der Waals surface area contributed by atoms with Crippen LogP contribution in [0.4, 0.5) is 5.69 Å². The molecule has 0 fully saturated rings. The first-order valence-electron chi connectivity index (χ1n) is 7.29. The molecule has 0 saturated heterocycles. The van der Waals surface area contributed by atoms with Gasteiger partial charge in [-0.05, 0) is 36.4 Å². The highest BCUT2D eigenvalue weighted by atomic mass is 79.9. The van der Waals surface area contributed by atoms with Crippen molar-refractivity contribution in [1.29, 1.82) is 5.26 Å². The number of nitriles is 1. The molecule has 0 amide bonds. The standard InChI is InChI=1S/C18H13BrN4OS/c1-24-15-7-5-14(6-8-15)22-23-16(10-20)18-21-17(11-25-18)12-3-2-4-13(19)9-12/h2-9,11,22H,1H3/b23-16-. The van der Waals surface area contributed by atoms with Gasteiger partial charge < -0.3 is 4.74 Å². The fourth-order valence-electron chi connectivity index (χ4n) is 2.07. The van der Waals surface area contributed by atoms with Gasteiger partial charge in [-0.15, -0.1) is 11.3 Å². The van der Waals surface area contributed by atoms with E-state index in [-0.39, 0.29) is 5.71 Å². The predicted octanol–water partition coefficient (Wildman–Crippen LogP) is 4.92. The summed E-state index contributed by atoms with van der Waals surface area (Å²) in [7, 11) is 1.61. The number of anilines is 1. The fourth-order valence-corrected chi connectivity index (χ4v) is 3.23. The molecule has 1 heterocycles. The third kappa shape index (κ3) is 4.24. The molecule has 0 atom stereocenters. The quantitative estimate of drug-likeness (QED) is 0.476. The minimum atomic E-state index is 0.238. The number of methoxy groups -OCH3 is 1. The van der Waals surface area contributed by atoms with Crippen molar-refractivity contribution in [3.8, 4) is 23.1 Å². The maximum atomic E-state index is 9.38. The van der Waals surface area contributed by atoms with Gasteiger partial charge in [-0.2, -0.15) is 10.4 Å². The molecule has 2 aromatic carbocycles. The summed E-state index contributed by atoms with van der Waals surface area (Å²) in [6.45, 7) is 0. The fraction of sp³-hybridized carbons (Fsp3) is 0.0556. The van der Waals surface area contributed by atoms with Gasteiger partial charge in [0.1, 0.15) is 11.8 Å². The van der Waals surface area contributed by atoms with Crippen molar-refractivity contribution in [1.82, 2.24) is 4.98 Å². The molecule has 3 rings (SSSR count). The van der Waals surface area contributed by atoms with Crippen LogP contribution in [0.5, 0.6) is 5.75 Å². The van der Waals surface area contributed by atoms with Crippen LogP contribution in [0.25, 0.3) is 11.3 Å². The first kappa shape index (κ1) is 17.1. The molecule has 1 N–H and O–H groups in total. The zero-order valence-electron chi connectivity index (χ0n) is 13.2. The van der Waals surface area contributed by atoms with Crippen molar-refractivity contribution in [3.63, 3.8) is 0 Å². The zero-order chi connectivity index (χ0) is 17.6. The van der Waals surface area contributed by atoms with E-state index in [0.717, 1.165) is 27.2 Å². The molecular weight excluding hydrogens is 400 g/mol. The van der Waals surface area contributed by atoms with E-state index < -0.39 is 0 Å². The molecule has 0 aliphatic heterocycles. The van der Waals surface area contributed by atoms with Gasteiger partial charge in [0, 0.05) is 15.4 Å². The molecule has 7 heteroatoms. The van der Waals surface area contributed by atoms with E-state index >= 15 is 0 Å². The second kappa shape index (κ2) is 7.92. The second-order valence-electron chi connectivity index (χ2n) is 4.96. The number of benzene rings is 2. The number of thiazole rings is 1. The highest BCUT2D eigenvalue weighted by Crippen LogP contribution is 2.25. The smallest absolute Gasteiger partial charge is 0.196 e. The minimum Gasteiger partial charge on any atom is -0.497 e. The molecule has 0 saturated carbocycles. The molecule has 25 heavy (non-hydrogen) atoms. The van der Waals surface area contributed by atoms with Crippen molar-refractivity contribution in [2.75, 3.05) is 12.5 Å². The van der Waals surface area contributed by atoms with Crippen LogP contribution in [-0.2, 0) is 0 Å². The number of hydrogen-bond acceptors (Lipinski definition) is 6. The van der Waals surface area contributed by atoms with E-state index in [2.05, 4.69) is 37.5 Å². The van der Waals surface area contributed by atoms with Gasteiger partial charge in [-0.25, -0.2) is 4.98 Å². The molecule has 5 nitrogen and oxygen atoms in total. The number of rotatable bonds is 5. The molecule has 0 unspecified atom stereocenters. The number of halogens is 1. The SMILES string of the molecule is COc1ccc(N/N=C(/C#N)c2nc(-c3cccc(Br)c3)cs2)cc1. The Kier molecular flexibility index (Phi) is 5.43. The van der Waals surface area contributed by atoms with Gasteiger partial charge in [0.15, 0.2) is 10.7 Å². The van der Waals surface area contributed by atoms with Gasteiger partial charge in [0.2, 0.25) is 0 Å². The van der Waals surface area contributed by atoms with Crippen LogP contribution >= 0.6 is 27.3 Å². The molecule has 3 aromatic rings. The highest BCUT2D eigenvalue weighted by Gasteiger charge is 2.10. The molecule has 0 bridgehead atoms. The number of nitrogens with one attached hydrogen (secondary N) is 1. The van der Waals surface area contributed by atoms with Crippen LogP contribution in [0, 0.1) is 11.3 Å². The average molecular weight is 413 g/mol. The Morgan fingerprint density at radius 2 is 2.08 bits per heavy atom. The number of hydrazone groups is 1. The van der Waals surface area contributed by atoms with Crippen molar-refractivity contribution < 1.29 is 4.74 Å². The maximum Gasteiger partial charge on any atom is 0.196 e. The number of hydrogen-bond donors (Lipinski definition) is 1. The molecule has 124 valence electrons. The summed E-state index contributed by atoms with van der Waals surface area (Å²) in [6, 6.07) is 17.2. The average Bonchev–Trinajstić information content (AvgIpc) is 3.13. The second-order valence-corrected chi connectivity index (χ2v) is 6.73. The Morgan fingerprint density at radius 3 is 2.76 bits per heavy atom. The van der Waals surface area contributed by atoms with E-state index in [1.165, 1.54) is 11.3 Å². The molecule has 0 aliphatic carbocycles. The third-order valence-corrected chi connectivity index (χ3v) is 4.66. The molecule has 0 spiro atoms. The zero-order valence-corrected chi connectivity index (χ0v) is 15.6. The van der Waals surface area contributed by atoms with Crippen molar-refractivity contribution in [3.05, 3.63) is 63.4 Å². The summed E-state index contributed by atoms with van der Waals surface area (Å²) in [5.74, 6) is 0.758. The van der Waals surface area contributed by atoms with Crippen LogP contribution in [0.2, 0.25) is 0 Å². The van der Waals surface area contributed by atoms with Gasteiger partial charge >= 0.3 is 0 Å². The Balaban J connectivity index is 1.80. The minimum absolute atomic E-state index is 0.238. The third-order valence-electron chi connectivity index (χ3n) is 3.32. The maximum absolute atomic E-state index is 9.38. The molecular formula is C18H13BrN4OS. The van der Waals surface area contributed by atoms with Crippen molar-refractivity contribution in [2.24, 2.45) is 5.10 Å². The van der Waals surface area contributed by atoms with Gasteiger partial charge in [-0.3, -0.25) is 5.43 Å². The first-order chi connectivity index (χ1) is 12.2. The Labute approximate surface area is 157 Å². The van der Waals surface area contributed by atoms with Crippen molar-refractivity contribution in [2.45, 2.75) is 0 Å². The first-order valence-corrected chi connectivity index (χ1v) is 8.96. The van der Waals surface area contributed by atoms with E-state index in [1.807, 2.05) is 53.9 Å². The predicted molar refractivity (Wildman–Crippen MR) is 104 cm³/mol. The van der Waals surface area contributed by atoms with Gasteiger partial charge in [0.25, 0.3) is 0 Å². The topological polar surface area (TPSA) is 70.3 Å². The summed E-state index contributed by atoms with van der Waals surface area (Å²) in [6.07, 6.45) is 0. The summed E-state index contributed by atoms with van der Waals surface area (Å²) >= 11 is 4.83. The van der Waals surface area contributed by atoms with E-state index in [9.17, 15) is 5.26 Å². The number of nitrogens with zero attached hydrogens (tertiary/aromatic N) is 3. The monoisotopic (exact) mass is 412 g/mol. The number of ether oxygens (including phenoxy) is 1. The van der Waals surface area contributed by atoms with E-state index in [4.69, 9.17) is 4.74 Å². The van der Waals surface area contributed by atoms with Crippen molar-refractivity contribution >= 4 is 38.7 Å². The molecule has 1 aromatic heterocycles. The lowest BCUT2D eigenvalue weighted by molar-refractivity contribution is 0.415. The lowest BCUT2D eigenvalue weighted by Gasteiger charge is -2.02. The summed E-state index contributed by atoms with van der Waals surface area (Å²) in [5, 5.41) is 16.0. The van der Waals surface area contributed by atoms with Gasteiger partial charge in [0.05, 0.1) is 18.5 Å². The van der Waals surface area contributed by atoms with E-state index in [1.54, 1.807) is 7.11 Å². The Hall–Kier alpha value is -2.69. The molecule has 0 aliphatic rings. The Bertz CT molecular complexity index is 944. The number of aromatic nitrogens is 1. The molecule has 0 radical (unpaired) electrons. The lowest BCUT2D eigenvalue weighted by atomic mass is 10.2. The largest absolute Gasteiger partial charge is 0.497 e. The summed E-state index contributed by atoms with van der Waals surface area (Å²) in [4.78, 5) is 4.52. The van der Waals surface area contributed by atoms with Crippen LogP contribution in [-0.4, -0.2) is 17.8 Å². The summed E-state index contributed by atoms with van der Waals surface area (Å²) < 4.78 is 6.09. The lowest BCUT2D eigenvalue weighted by Crippen LogP contribution is -2.01. The normalized spacial score (nSPS) is 11.0. The summed E-state index contributed by atoms with van der Waals surface area (Å²) in [5.41, 5.74) is 5.67. The van der Waals surface area contributed by atoms with E-state index in [0.29, 0.717) is 5.01 Å². The van der Waals surface area contributed by atoms with Gasteiger partial charge in [-0.1, -0.05) is 28.1 Å². The van der Waals surface area contributed by atoms with Crippen LogP contribution in [0.3, 0.4) is 0 Å². The highest BCUT2D eigenvalue weighted by molar-refractivity contribution is 9.10. The van der Waals surface area contributed by atoms with Crippen LogP contribution in [0.15, 0.2) is 63.5 Å². The van der Waals surface area contributed by atoms with Crippen LogP contribution < -0.4 is 10.2 Å².